The molecule has 2 rings (SSSR count). The molecule has 16 heavy (non-hydrogen) atoms. The molecule has 2 aromatic heterocycles. The molecule has 0 bridgehead atoms. The summed E-state index contributed by atoms with van der Waals surface area (Å²) in [5.41, 5.74) is 2.54. The van der Waals surface area contributed by atoms with Gasteiger partial charge in [-0.2, -0.15) is 11.3 Å². The predicted octanol–water partition coefficient (Wildman–Crippen LogP) is 3.67. The molecule has 1 N–H and O–H groups in total. The molecule has 2 heterocycles. The Hall–Kier alpha value is -0.710. The predicted molar refractivity (Wildman–Crippen MR) is 71.2 cm³/mol. The minimum absolute atomic E-state index is 0.396. The van der Waals surface area contributed by atoms with E-state index >= 15 is 0 Å². The van der Waals surface area contributed by atoms with Crippen LogP contribution < -0.4 is 5.32 Å². The van der Waals surface area contributed by atoms with Crippen LogP contribution in [0.4, 0.5) is 0 Å². The summed E-state index contributed by atoms with van der Waals surface area (Å²) in [5.74, 6) is 0. The quantitative estimate of drug-likeness (QED) is 0.898. The number of aryl methyl sites for hydroxylation is 2. The Kier molecular flexibility index (Phi) is 3.74. The average Bonchev–Trinajstić information content (AvgIpc) is 2.84. The molecule has 0 fully saturated rings. The second-order valence-corrected chi connectivity index (χ2v) is 6.08. The highest BCUT2D eigenvalue weighted by atomic mass is 32.1. The van der Waals surface area contributed by atoms with Crippen molar-refractivity contribution in [2.75, 3.05) is 0 Å². The van der Waals surface area contributed by atoms with Gasteiger partial charge in [-0.25, -0.2) is 4.98 Å². The maximum absolute atomic E-state index is 4.52. The van der Waals surface area contributed by atoms with E-state index in [0.29, 0.717) is 6.04 Å². The third-order valence-corrected chi connectivity index (χ3v) is 4.25. The van der Waals surface area contributed by atoms with Crippen LogP contribution in [0, 0.1) is 13.8 Å². The summed E-state index contributed by atoms with van der Waals surface area (Å²) < 4.78 is 0. The number of thiophene rings is 1. The van der Waals surface area contributed by atoms with Crippen LogP contribution in [0.2, 0.25) is 0 Å². The van der Waals surface area contributed by atoms with Crippen LogP contribution in [-0.2, 0) is 6.54 Å². The van der Waals surface area contributed by atoms with E-state index in [4.69, 9.17) is 0 Å². The molecule has 4 heteroatoms. The van der Waals surface area contributed by atoms with Gasteiger partial charge in [0.2, 0.25) is 0 Å². The van der Waals surface area contributed by atoms with E-state index in [9.17, 15) is 0 Å². The number of hydrogen-bond acceptors (Lipinski definition) is 4. The Morgan fingerprint density at radius 3 is 2.81 bits per heavy atom. The monoisotopic (exact) mass is 252 g/mol. The number of thiazole rings is 1. The number of rotatable bonds is 4. The van der Waals surface area contributed by atoms with Crippen LogP contribution in [-0.4, -0.2) is 4.98 Å². The zero-order valence-electron chi connectivity index (χ0n) is 9.78. The van der Waals surface area contributed by atoms with Crippen LogP contribution in [0.15, 0.2) is 16.8 Å². The van der Waals surface area contributed by atoms with Crippen LogP contribution in [0.1, 0.15) is 34.1 Å². The van der Waals surface area contributed by atoms with Crippen molar-refractivity contribution in [2.45, 2.75) is 33.4 Å². The van der Waals surface area contributed by atoms with Crippen molar-refractivity contribution in [1.29, 1.82) is 0 Å². The highest BCUT2D eigenvalue weighted by molar-refractivity contribution is 7.11. The fraction of sp³-hybridized carbons (Fsp3) is 0.417. The number of nitrogens with one attached hydrogen (secondary N) is 1. The molecule has 2 aromatic rings. The summed E-state index contributed by atoms with van der Waals surface area (Å²) in [6, 6.07) is 2.56. The molecule has 1 atom stereocenters. The number of nitrogens with zero attached hydrogens (tertiary/aromatic N) is 1. The maximum Gasteiger partial charge on any atom is 0.0900 e. The Bertz CT molecular complexity index is 446. The molecule has 0 aliphatic rings. The zero-order valence-corrected chi connectivity index (χ0v) is 11.4. The molecule has 0 unspecified atom stereocenters. The summed E-state index contributed by atoms with van der Waals surface area (Å²) in [7, 11) is 0. The van der Waals surface area contributed by atoms with Crippen molar-refractivity contribution in [3.8, 4) is 0 Å². The fourth-order valence-electron chi connectivity index (χ4n) is 1.63. The first-order valence-electron chi connectivity index (χ1n) is 5.35. The molecule has 0 aromatic carbocycles. The lowest BCUT2D eigenvalue weighted by molar-refractivity contribution is 0.569. The van der Waals surface area contributed by atoms with Gasteiger partial charge >= 0.3 is 0 Å². The second-order valence-electron chi connectivity index (χ2n) is 3.90. The molecule has 0 spiro atoms. The van der Waals surface area contributed by atoms with Crippen molar-refractivity contribution < 1.29 is 0 Å². The van der Waals surface area contributed by atoms with Crippen LogP contribution >= 0.6 is 22.7 Å². The van der Waals surface area contributed by atoms with Gasteiger partial charge in [-0.15, -0.1) is 11.3 Å². The molecule has 0 aliphatic heterocycles. The molecule has 2 nitrogen and oxygen atoms in total. The van der Waals surface area contributed by atoms with Crippen molar-refractivity contribution in [1.82, 2.24) is 10.3 Å². The SMILES string of the molecule is Cc1nc(CN[C@@H](C)c2ccsc2)c(C)s1. The fourth-order valence-corrected chi connectivity index (χ4v) is 3.21. The van der Waals surface area contributed by atoms with E-state index in [-0.39, 0.29) is 0 Å². The summed E-state index contributed by atoms with van der Waals surface area (Å²) in [6.07, 6.45) is 0. The summed E-state index contributed by atoms with van der Waals surface area (Å²) in [4.78, 5) is 5.84. The average molecular weight is 252 g/mol. The second kappa shape index (κ2) is 5.08. The van der Waals surface area contributed by atoms with Gasteiger partial charge in [0.15, 0.2) is 0 Å². The molecular weight excluding hydrogens is 236 g/mol. The largest absolute Gasteiger partial charge is 0.304 e. The molecule has 0 saturated heterocycles. The summed E-state index contributed by atoms with van der Waals surface area (Å²) in [6.45, 7) is 7.24. The highest BCUT2D eigenvalue weighted by Gasteiger charge is 2.08. The lowest BCUT2D eigenvalue weighted by Crippen LogP contribution is -2.18. The van der Waals surface area contributed by atoms with E-state index < -0.39 is 0 Å². The van der Waals surface area contributed by atoms with Crippen molar-refractivity contribution in [3.63, 3.8) is 0 Å². The van der Waals surface area contributed by atoms with E-state index in [1.54, 1.807) is 22.7 Å². The van der Waals surface area contributed by atoms with Gasteiger partial charge in [-0.05, 0) is 43.2 Å². The number of hydrogen-bond donors (Lipinski definition) is 1. The lowest BCUT2D eigenvalue weighted by atomic mass is 10.2. The normalized spacial score (nSPS) is 12.9. The van der Waals surface area contributed by atoms with Gasteiger partial charge in [-0.3, -0.25) is 0 Å². The van der Waals surface area contributed by atoms with Crippen molar-refractivity contribution in [3.05, 3.63) is 38.0 Å². The first-order valence-corrected chi connectivity index (χ1v) is 7.11. The van der Waals surface area contributed by atoms with Gasteiger partial charge in [0.05, 0.1) is 10.7 Å². The standard InChI is InChI=1S/C12H16N2S2/c1-8(11-4-5-15-7-11)13-6-12-9(2)16-10(3)14-12/h4-5,7-8,13H,6H2,1-3H3/t8-/m0/s1. The Morgan fingerprint density at radius 2 is 2.25 bits per heavy atom. The maximum atomic E-state index is 4.52. The zero-order chi connectivity index (χ0) is 11.5. The molecule has 86 valence electrons. The number of aromatic nitrogens is 1. The van der Waals surface area contributed by atoms with E-state index in [1.807, 2.05) is 0 Å². The molecule has 0 amide bonds. The van der Waals surface area contributed by atoms with Gasteiger partial charge in [0.1, 0.15) is 0 Å². The molecule has 0 saturated carbocycles. The molecule has 0 radical (unpaired) electrons. The van der Waals surface area contributed by atoms with E-state index in [0.717, 1.165) is 11.6 Å². The molecular formula is C12H16N2S2. The highest BCUT2D eigenvalue weighted by Crippen LogP contribution is 2.19. The smallest absolute Gasteiger partial charge is 0.0900 e. The van der Waals surface area contributed by atoms with E-state index in [1.165, 1.54) is 16.1 Å². The van der Waals surface area contributed by atoms with Gasteiger partial charge in [0.25, 0.3) is 0 Å². The van der Waals surface area contributed by atoms with Gasteiger partial charge in [-0.1, -0.05) is 0 Å². The topological polar surface area (TPSA) is 24.9 Å². The minimum atomic E-state index is 0.396. The van der Waals surface area contributed by atoms with Crippen LogP contribution in [0.3, 0.4) is 0 Å². The van der Waals surface area contributed by atoms with E-state index in [2.05, 4.69) is 47.9 Å². The van der Waals surface area contributed by atoms with Crippen LogP contribution in [0.5, 0.6) is 0 Å². The first-order chi connectivity index (χ1) is 7.66. The molecule has 0 aliphatic carbocycles. The third-order valence-electron chi connectivity index (χ3n) is 2.62. The summed E-state index contributed by atoms with van der Waals surface area (Å²) in [5, 5.41) is 8.96. The van der Waals surface area contributed by atoms with Crippen LogP contribution in [0.25, 0.3) is 0 Å². The minimum Gasteiger partial charge on any atom is -0.304 e. The first kappa shape index (κ1) is 11.8. The van der Waals surface area contributed by atoms with Gasteiger partial charge < -0.3 is 5.32 Å². The Balaban J connectivity index is 1.95. The van der Waals surface area contributed by atoms with Crippen molar-refractivity contribution in [2.24, 2.45) is 0 Å². The van der Waals surface area contributed by atoms with Gasteiger partial charge in [0, 0.05) is 17.5 Å². The summed E-state index contributed by atoms with van der Waals surface area (Å²) >= 11 is 3.51. The Morgan fingerprint density at radius 1 is 1.44 bits per heavy atom. The lowest BCUT2D eigenvalue weighted by Gasteiger charge is -2.11. The Labute approximate surface area is 104 Å². The van der Waals surface area contributed by atoms with Crippen molar-refractivity contribution >= 4 is 22.7 Å². The third kappa shape index (κ3) is 2.70.